The summed E-state index contributed by atoms with van der Waals surface area (Å²) in [4.78, 5) is 24.2. The summed E-state index contributed by atoms with van der Waals surface area (Å²) in [6.45, 7) is 0. The number of hydrogen-bond donors (Lipinski definition) is 0. The molecule has 0 atom stereocenters. The van der Waals surface area contributed by atoms with Crippen LogP contribution in [0, 0.1) is 0 Å². The summed E-state index contributed by atoms with van der Waals surface area (Å²) in [5.74, 6) is -0.534. The van der Waals surface area contributed by atoms with Crippen LogP contribution in [0.25, 0.3) is 0 Å². The summed E-state index contributed by atoms with van der Waals surface area (Å²) in [5.41, 5.74) is 0.331. The Hall–Kier alpha value is -1.51. The predicted molar refractivity (Wildman–Crippen MR) is 34.6 cm³/mol. The van der Waals surface area contributed by atoms with Gasteiger partial charge in [-0.3, -0.25) is 14.6 Å². The van der Waals surface area contributed by atoms with Gasteiger partial charge in [-0.1, -0.05) is 0 Å². The summed E-state index contributed by atoms with van der Waals surface area (Å²) >= 11 is 0. The maximum Gasteiger partial charge on any atom is 0.226 e. The van der Waals surface area contributed by atoms with Crippen LogP contribution in [0.1, 0.15) is 10.4 Å². The molecule has 1 aromatic heterocycles. The van der Waals surface area contributed by atoms with Crippen LogP contribution in [0.15, 0.2) is 24.5 Å². The highest BCUT2D eigenvalue weighted by molar-refractivity contribution is 6.33. The lowest BCUT2D eigenvalue weighted by atomic mass is 10.2. The van der Waals surface area contributed by atoms with Crippen LogP contribution >= 0.6 is 0 Å². The number of carbonyl (C=O) groups excluding carboxylic acids is 2. The van der Waals surface area contributed by atoms with Gasteiger partial charge in [0.2, 0.25) is 5.78 Å². The van der Waals surface area contributed by atoms with Gasteiger partial charge in [-0.25, -0.2) is 0 Å². The van der Waals surface area contributed by atoms with E-state index in [2.05, 4.69) is 4.98 Å². The normalized spacial score (nSPS) is 8.80. The maximum absolute atomic E-state index is 10.6. The Labute approximate surface area is 57.7 Å². The summed E-state index contributed by atoms with van der Waals surface area (Å²) in [5, 5.41) is 0. The van der Waals surface area contributed by atoms with Crippen molar-refractivity contribution < 1.29 is 9.59 Å². The maximum atomic E-state index is 10.6. The molecule has 0 aliphatic heterocycles. The van der Waals surface area contributed by atoms with Gasteiger partial charge in [0.15, 0.2) is 6.29 Å². The zero-order valence-electron chi connectivity index (χ0n) is 5.15. The second-order valence-electron chi connectivity index (χ2n) is 1.72. The Morgan fingerprint density at radius 3 is 2.90 bits per heavy atom. The van der Waals surface area contributed by atoms with E-state index in [1.807, 2.05) is 0 Å². The first-order valence-corrected chi connectivity index (χ1v) is 2.74. The van der Waals surface area contributed by atoms with Crippen molar-refractivity contribution in [3.8, 4) is 0 Å². The van der Waals surface area contributed by atoms with Crippen molar-refractivity contribution in [2.24, 2.45) is 0 Å². The van der Waals surface area contributed by atoms with E-state index in [0.29, 0.717) is 5.56 Å². The molecule has 1 rings (SSSR count). The van der Waals surface area contributed by atoms with E-state index in [-0.39, 0.29) is 6.29 Å². The molecular weight excluding hydrogens is 130 g/mol. The van der Waals surface area contributed by atoms with E-state index in [9.17, 15) is 9.59 Å². The van der Waals surface area contributed by atoms with E-state index in [4.69, 9.17) is 0 Å². The fourth-order valence-electron chi connectivity index (χ4n) is 0.577. The molecule has 0 radical (unpaired) electrons. The number of hydrogen-bond acceptors (Lipinski definition) is 3. The molecule has 0 saturated carbocycles. The molecule has 1 aromatic rings. The molecule has 0 bridgehead atoms. The highest BCUT2D eigenvalue weighted by atomic mass is 16.2. The van der Waals surface area contributed by atoms with Crippen molar-refractivity contribution in [2.75, 3.05) is 0 Å². The smallest absolute Gasteiger partial charge is 0.226 e. The molecule has 1 heterocycles. The van der Waals surface area contributed by atoms with Gasteiger partial charge in [0.1, 0.15) is 0 Å². The van der Waals surface area contributed by atoms with Gasteiger partial charge < -0.3 is 0 Å². The molecule has 50 valence electrons. The van der Waals surface area contributed by atoms with E-state index in [1.165, 1.54) is 6.20 Å². The van der Waals surface area contributed by atoms with Crippen LogP contribution in [-0.2, 0) is 4.79 Å². The lowest BCUT2D eigenvalue weighted by Gasteiger charge is -1.87. The number of rotatable bonds is 2. The minimum Gasteiger partial charge on any atom is -0.294 e. The third kappa shape index (κ3) is 1.25. The number of Topliss-reactive ketones (excluding diaryl/α,β-unsaturated/α-hetero) is 1. The average molecular weight is 135 g/mol. The minimum absolute atomic E-state index is 0.275. The SMILES string of the molecule is O=CC(=O)c1cccnc1. The van der Waals surface area contributed by atoms with Crippen LogP contribution in [0.4, 0.5) is 0 Å². The third-order valence-corrected chi connectivity index (χ3v) is 1.05. The standard InChI is InChI=1S/C7H5NO2/c9-5-7(10)6-2-1-3-8-4-6/h1-5H. The summed E-state index contributed by atoms with van der Waals surface area (Å²) in [6, 6.07) is 3.15. The number of carbonyl (C=O) groups is 2. The lowest BCUT2D eigenvalue weighted by molar-refractivity contribution is -0.104. The van der Waals surface area contributed by atoms with Gasteiger partial charge >= 0.3 is 0 Å². The lowest BCUT2D eigenvalue weighted by Crippen LogP contribution is -1.99. The fourth-order valence-corrected chi connectivity index (χ4v) is 0.577. The summed E-state index contributed by atoms with van der Waals surface area (Å²) in [6.07, 6.45) is 3.18. The van der Waals surface area contributed by atoms with E-state index in [0.717, 1.165) is 0 Å². The molecule has 0 aliphatic rings. The van der Waals surface area contributed by atoms with Crippen LogP contribution < -0.4 is 0 Å². The zero-order valence-corrected chi connectivity index (χ0v) is 5.15. The first-order chi connectivity index (χ1) is 4.84. The molecule has 0 unspecified atom stereocenters. The second-order valence-corrected chi connectivity index (χ2v) is 1.72. The monoisotopic (exact) mass is 135 g/mol. The van der Waals surface area contributed by atoms with E-state index < -0.39 is 5.78 Å². The quantitative estimate of drug-likeness (QED) is 0.336. The van der Waals surface area contributed by atoms with Crippen molar-refractivity contribution in [3.05, 3.63) is 30.1 Å². The van der Waals surface area contributed by atoms with Crippen LogP contribution in [0.5, 0.6) is 0 Å². The third-order valence-electron chi connectivity index (χ3n) is 1.05. The minimum atomic E-state index is -0.534. The molecular formula is C7H5NO2. The molecule has 0 saturated heterocycles. The van der Waals surface area contributed by atoms with Crippen molar-refractivity contribution in [1.29, 1.82) is 0 Å². The molecule has 10 heavy (non-hydrogen) atoms. The van der Waals surface area contributed by atoms with Gasteiger partial charge in [-0.2, -0.15) is 0 Å². The topological polar surface area (TPSA) is 47.0 Å². The Morgan fingerprint density at radius 2 is 2.40 bits per heavy atom. The molecule has 0 spiro atoms. The van der Waals surface area contributed by atoms with Gasteiger partial charge in [0, 0.05) is 18.0 Å². The van der Waals surface area contributed by atoms with Gasteiger partial charge in [0.25, 0.3) is 0 Å². The van der Waals surface area contributed by atoms with E-state index in [1.54, 1.807) is 18.3 Å². The van der Waals surface area contributed by atoms with Crippen molar-refractivity contribution >= 4 is 12.1 Å². The Balaban J connectivity index is 2.95. The largest absolute Gasteiger partial charge is 0.294 e. The second kappa shape index (κ2) is 2.87. The van der Waals surface area contributed by atoms with Crippen molar-refractivity contribution in [1.82, 2.24) is 4.98 Å². The molecule has 0 amide bonds. The number of nitrogens with zero attached hydrogens (tertiary/aromatic N) is 1. The highest BCUT2D eigenvalue weighted by Gasteiger charge is 2.00. The molecule has 0 aliphatic carbocycles. The highest BCUT2D eigenvalue weighted by Crippen LogP contribution is 1.93. The number of aldehydes is 1. The Morgan fingerprint density at radius 1 is 1.60 bits per heavy atom. The van der Waals surface area contributed by atoms with Gasteiger partial charge in [-0.05, 0) is 12.1 Å². The first-order valence-electron chi connectivity index (χ1n) is 2.74. The Kier molecular flexibility index (Phi) is 1.89. The van der Waals surface area contributed by atoms with Crippen molar-refractivity contribution in [3.63, 3.8) is 0 Å². The predicted octanol–water partition coefficient (Wildman–Crippen LogP) is 0.463. The first kappa shape index (κ1) is 6.61. The van der Waals surface area contributed by atoms with E-state index >= 15 is 0 Å². The summed E-state index contributed by atoms with van der Waals surface area (Å²) < 4.78 is 0. The van der Waals surface area contributed by atoms with Gasteiger partial charge in [-0.15, -0.1) is 0 Å². The molecule has 0 aromatic carbocycles. The van der Waals surface area contributed by atoms with Crippen LogP contribution in [0.2, 0.25) is 0 Å². The molecule has 0 N–H and O–H groups in total. The van der Waals surface area contributed by atoms with Gasteiger partial charge in [0.05, 0.1) is 0 Å². The van der Waals surface area contributed by atoms with Crippen LogP contribution in [0.3, 0.4) is 0 Å². The van der Waals surface area contributed by atoms with Crippen molar-refractivity contribution in [2.45, 2.75) is 0 Å². The molecule has 0 fully saturated rings. The molecule has 3 nitrogen and oxygen atoms in total. The number of aromatic nitrogens is 1. The Bertz CT molecular complexity index is 243. The van der Waals surface area contributed by atoms with Crippen LogP contribution in [-0.4, -0.2) is 17.1 Å². The summed E-state index contributed by atoms with van der Waals surface area (Å²) in [7, 11) is 0. The number of pyridine rings is 1. The zero-order chi connectivity index (χ0) is 7.40. The fraction of sp³-hybridized carbons (Fsp3) is 0. The average Bonchev–Trinajstić information content (AvgIpc) is 2.05. The number of ketones is 1. The molecule has 3 heteroatoms.